The number of aromatic nitrogens is 3. The van der Waals surface area contributed by atoms with Crippen molar-refractivity contribution in [3.8, 4) is 45.3 Å². The second-order valence-electron chi connectivity index (χ2n) is 12.5. The molecule has 0 aliphatic rings. The monoisotopic (exact) mass is 625 g/mol. The zero-order valence-electron chi connectivity index (χ0n) is 26.3. The number of nitrogens with zero attached hydrogens (tertiary/aromatic N) is 3. The molecule has 49 heavy (non-hydrogen) atoms. The van der Waals surface area contributed by atoms with E-state index < -0.39 is 0 Å². The van der Waals surface area contributed by atoms with Crippen LogP contribution in [0.3, 0.4) is 0 Å². The third kappa shape index (κ3) is 4.65. The van der Waals surface area contributed by atoms with Crippen LogP contribution in [0.1, 0.15) is 0 Å². The second kappa shape index (κ2) is 11.0. The standard InChI is InChI=1S/C45H27N3O/c1-2-12-30(13-3-1)43-46-44(34-23-20-28-10-4-5-14-31(28)24-34)48-45(47-43)38-18-9-19-40-42(38)39-26-35-25-33(22-21-32(35)27-41(39)49-40)37-17-8-15-29-11-6-7-16-36(29)37/h1-27H. The molecule has 0 saturated heterocycles. The van der Waals surface area contributed by atoms with Crippen LogP contribution in [0.25, 0.3) is 99.5 Å². The van der Waals surface area contributed by atoms with Gasteiger partial charge in [-0.05, 0) is 73.8 Å². The fraction of sp³-hybridized carbons (Fsp3) is 0. The summed E-state index contributed by atoms with van der Waals surface area (Å²) < 4.78 is 6.50. The molecular weight excluding hydrogens is 599 g/mol. The van der Waals surface area contributed by atoms with Crippen molar-refractivity contribution in [3.63, 3.8) is 0 Å². The van der Waals surface area contributed by atoms with Crippen molar-refractivity contribution < 1.29 is 4.42 Å². The predicted octanol–water partition coefficient (Wildman–Crippen LogP) is 11.9. The highest BCUT2D eigenvalue weighted by Crippen LogP contribution is 2.39. The molecule has 8 aromatic carbocycles. The van der Waals surface area contributed by atoms with Crippen LogP contribution in [-0.2, 0) is 0 Å². The molecule has 0 unspecified atom stereocenters. The Morgan fingerprint density at radius 3 is 1.86 bits per heavy atom. The summed E-state index contributed by atoms with van der Waals surface area (Å²) in [5.74, 6) is 1.86. The molecule has 4 heteroatoms. The average molecular weight is 626 g/mol. The topological polar surface area (TPSA) is 51.8 Å². The van der Waals surface area contributed by atoms with E-state index in [-0.39, 0.29) is 0 Å². The summed E-state index contributed by atoms with van der Waals surface area (Å²) in [6.07, 6.45) is 0. The van der Waals surface area contributed by atoms with Crippen LogP contribution >= 0.6 is 0 Å². The lowest BCUT2D eigenvalue weighted by atomic mass is 9.95. The fourth-order valence-corrected chi connectivity index (χ4v) is 7.07. The van der Waals surface area contributed by atoms with E-state index in [0.717, 1.165) is 54.8 Å². The minimum absolute atomic E-state index is 0.606. The molecule has 0 N–H and O–H groups in total. The zero-order valence-corrected chi connectivity index (χ0v) is 26.3. The van der Waals surface area contributed by atoms with Crippen molar-refractivity contribution in [1.82, 2.24) is 15.0 Å². The minimum atomic E-state index is 0.606. The molecular formula is C45H27N3O. The van der Waals surface area contributed by atoms with Gasteiger partial charge >= 0.3 is 0 Å². The van der Waals surface area contributed by atoms with E-state index >= 15 is 0 Å². The van der Waals surface area contributed by atoms with Gasteiger partial charge in [-0.3, -0.25) is 0 Å². The van der Waals surface area contributed by atoms with Crippen LogP contribution in [0, 0.1) is 0 Å². The maximum Gasteiger partial charge on any atom is 0.164 e. The predicted molar refractivity (Wildman–Crippen MR) is 201 cm³/mol. The van der Waals surface area contributed by atoms with Gasteiger partial charge in [0, 0.05) is 27.5 Å². The van der Waals surface area contributed by atoms with E-state index in [9.17, 15) is 0 Å². The lowest BCUT2D eigenvalue weighted by Gasteiger charge is -2.10. The molecule has 2 aromatic heterocycles. The molecule has 0 atom stereocenters. The Bertz CT molecular complexity index is 2890. The van der Waals surface area contributed by atoms with E-state index in [0.29, 0.717) is 17.5 Å². The SMILES string of the molecule is c1ccc(-c2nc(-c3ccc4ccccc4c3)nc(-c3cccc4oc5cc6ccc(-c7cccc8ccccc78)cc6cc5c34)n2)cc1. The Labute approximate surface area is 282 Å². The lowest BCUT2D eigenvalue weighted by Crippen LogP contribution is -2.00. The number of rotatable bonds is 4. The quantitative estimate of drug-likeness (QED) is 0.195. The van der Waals surface area contributed by atoms with Crippen LogP contribution in [0.15, 0.2) is 168 Å². The van der Waals surface area contributed by atoms with E-state index in [1.54, 1.807) is 0 Å². The lowest BCUT2D eigenvalue weighted by molar-refractivity contribution is 0.669. The third-order valence-electron chi connectivity index (χ3n) is 9.47. The van der Waals surface area contributed by atoms with Crippen LogP contribution in [0.5, 0.6) is 0 Å². The highest BCUT2D eigenvalue weighted by atomic mass is 16.3. The fourth-order valence-electron chi connectivity index (χ4n) is 7.07. The van der Waals surface area contributed by atoms with Crippen LogP contribution in [-0.4, -0.2) is 15.0 Å². The molecule has 0 spiro atoms. The number of hydrogen-bond acceptors (Lipinski definition) is 4. The summed E-state index contributed by atoms with van der Waals surface area (Å²) in [7, 11) is 0. The number of fused-ring (bicyclic) bond motifs is 6. The number of furan rings is 1. The first kappa shape index (κ1) is 27.5. The van der Waals surface area contributed by atoms with E-state index in [1.807, 2.05) is 42.5 Å². The van der Waals surface area contributed by atoms with Crippen molar-refractivity contribution in [2.24, 2.45) is 0 Å². The molecule has 10 aromatic rings. The van der Waals surface area contributed by atoms with E-state index in [4.69, 9.17) is 19.4 Å². The van der Waals surface area contributed by atoms with Crippen LogP contribution < -0.4 is 0 Å². The van der Waals surface area contributed by atoms with Gasteiger partial charge in [0.05, 0.1) is 0 Å². The molecule has 0 aliphatic carbocycles. The van der Waals surface area contributed by atoms with Crippen LogP contribution in [0.4, 0.5) is 0 Å². The Kier molecular flexibility index (Phi) is 6.15. The molecule has 0 fully saturated rings. The van der Waals surface area contributed by atoms with Crippen molar-refractivity contribution >= 4 is 54.3 Å². The summed E-state index contributed by atoms with van der Waals surface area (Å²) >= 11 is 0. The normalized spacial score (nSPS) is 11.7. The molecule has 0 bridgehead atoms. The van der Waals surface area contributed by atoms with E-state index in [2.05, 4.69) is 121 Å². The van der Waals surface area contributed by atoms with Crippen molar-refractivity contribution in [3.05, 3.63) is 164 Å². The summed E-state index contributed by atoms with van der Waals surface area (Å²) in [5, 5.41) is 9.08. The first-order valence-corrected chi connectivity index (χ1v) is 16.4. The van der Waals surface area contributed by atoms with Gasteiger partial charge in [0.25, 0.3) is 0 Å². The Morgan fingerprint density at radius 2 is 0.959 bits per heavy atom. The Balaban J connectivity index is 1.19. The van der Waals surface area contributed by atoms with Gasteiger partial charge in [-0.1, -0.05) is 133 Å². The van der Waals surface area contributed by atoms with Gasteiger partial charge in [-0.2, -0.15) is 0 Å². The molecule has 0 saturated carbocycles. The summed E-state index contributed by atoms with van der Waals surface area (Å²) in [6, 6.07) is 57.0. The molecule has 0 radical (unpaired) electrons. The number of benzene rings is 8. The first-order chi connectivity index (χ1) is 24.2. The highest BCUT2D eigenvalue weighted by Gasteiger charge is 2.19. The van der Waals surface area contributed by atoms with Gasteiger partial charge in [0.15, 0.2) is 17.5 Å². The minimum Gasteiger partial charge on any atom is -0.456 e. The van der Waals surface area contributed by atoms with Crippen LogP contribution in [0.2, 0.25) is 0 Å². The smallest absolute Gasteiger partial charge is 0.164 e. The summed E-state index contributed by atoms with van der Waals surface area (Å²) in [6.45, 7) is 0. The van der Waals surface area contributed by atoms with Crippen molar-refractivity contribution in [2.45, 2.75) is 0 Å². The maximum absolute atomic E-state index is 6.50. The Hall–Kier alpha value is -6.65. The van der Waals surface area contributed by atoms with Crippen molar-refractivity contribution in [2.75, 3.05) is 0 Å². The Morgan fingerprint density at radius 1 is 0.327 bits per heavy atom. The third-order valence-corrected chi connectivity index (χ3v) is 9.47. The van der Waals surface area contributed by atoms with Gasteiger partial charge in [0.1, 0.15) is 11.2 Å². The molecule has 10 rings (SSSR count). The van der Waals surface area contributed by atoms with Gasteiger partial charge < -0.3 is 4.42 Å². The highest BCUT2D eigenvalue weighted by molar-refractivity contribution is 6.15. The molecule has 0 aliphatic heterocycles. The first-order valence-electron chi connectivity index (χ1n) is 16.4. The van der Waals surface area contributed by atoms with Crippen molar-refractivity contribution in [1.29, 1.82) is 0 Å². The molecule has 0 amide bonds. The maximum atomic E-state index is 6.50. The van der Waals surface area contributed by atoms with Gasteiger partial charge in [0.2, 0.25) is 0 Å². The largest absolute Gasteiger partial charge is 0.456 e. The van der Waals surface area contributed by atoms with Gasteiger partial charge in [-0.15, -0.1) is 0 Å². The average Bonchev–Trinajstić information content (AvgIpc) is 3.54. The van der Waals surface area contributed by atoms with E-state index in [1.165, 1.54) is 27.3 Å². The van der Waals surface area contributed by atoms with Gasteiger partial charge in [-0.25, -0.2) is 15.0 Å². The molecule has 2 heterocycles. The second-order valence-corrected chi connectivity index (χ2v) is 12.5. The zero-order chi connectivity index (χ0) is 32.3. The molecule has 228 valence electrons. The summed E-state index contributed by atoms with van der Waals surface area (Å²) in [5.41, 5.74) is 6.81. The number of hydrogen-bond donors (Lipinski definition) is 0. The molecule has 4 nitrogen and oxygen atoms in total. The summed E-state index contributed by atoms with van der Waals surface area (Å²) in [4.78, 5) is 15.2.